The second-order valence-electron chi connectivity index (χ2n) is 6.00. The highest BCUT2D eigenvalue weighted by molar-refractivity contribution is 14.0. The lowest BCUT2D eigenvalue weighted by molar-refractivity contribution is 0.800. The summed E-state index contributed by atoms with van der Waals surface area (Å²) in [5, 5.41) is 11.0. The zero-order valence-electron chi connectivity index (χ0n) is 15.7. The number of guanidine groups is 1. The average Bonchev–Trinajstić information content (AvgIpc) is 3.32. The monoisotopic (exact) mass is 495 g/mol. The number of benzene rings is 1. The number of thiophene rings is 1. The van der Waals surface area contributed by atoms with E-state index in [2.05, 4.69) is 71.0 Å². The van der Waals surface area contributed by atoms with Gasteiger partial charge in [-0.3, -0.25) is 0 Å². The highest BCUT2D eigenvalue weighted by Gasteiger charge is 2.01. The molecule has 144 valence electrons. The van der Waals surface area contributed by atoms with Crippen LogP contribution in [0, 0.1) is 6.92 Å². The molecule has 2 aromatic heterocycles. The van der Waals surface area contributed by atoms with E-state index >= 15 is 0 Å². The minimum atomic E-state index is 0. The quantitative estimate of drug-likeness (QED) is 0.294. The Balaban J connectivity index is 0.00000261. The minimum Gasteiger partial charge on any atom is -0.357 e. The highest BCUT2D eigenvalue weighted by atomic mass is 127. The number of nitrogens with one attached hydrogen (secondary N) is 2. The number of aliphatic imine (C=N–C) groups is 1. The Labute approximate surface area is 181 Å². The van der Waals surface area contributed by atoms with Gasteiger partial charge in [-0.15, -0.1) is 35.3 Å². The van der Waals surface area contributed by atoms with Crippen LogP contribution in [0.25, 0.3) is 5.69 Å². The van der Waals surface area contributed by atoms with Crippen molar-refractivity contribution in [3.63, 3.8) is 0 Å². The summed E-state index contributed by atoms with van der Waals surface area (Å²) in [5.74, 6) is 0.867. The van der Waals surface area contributed by atoms with Crippen LogP contribution in [0.4, 0.5) is 0 Å². The topological polar surface area (TPSA) is 54.2 Å². The summed E-state index contributed by atoms with van der Waals surface area (Å²) >= 11 is 1.80. The number of aromatic nitrogens is 2. The van der Waals surface area contributed by atoms with Gasteiger partial charge in [-0.25, -0.2) is 9.67 Å². The Morgan fingerprint density at radius 2 is 1.96 bits per heavy atom. The first-order valence-electron chi connectivity index (χ1n) is 8.91. The summed E-state index contributed by atoms with van der Waals surface area (Å²) in [6.45, 7) is 6.62. The second-order valence-corrected chi connectivity index (χ2v) is 7.37. The van der Waals surface area contributed by atoms with Crippen LogP contribution in [0.3, 0.4) is 0 Å². The van der Waals surface area contributed by atoms with Crippen molar-refractivity contribution in [3.05, 3.63) is 70.2 Å². The fourth-order valence-electron chi connectivity index (χ4n) is 2.63. The average molecular weight is 495 g/mol. The largest absolute Gasteiger partial charge is 0.357 e. The molecule has 0 aliphatic carbocycles. The smallest absolute Gasteiger partial charge is 0.191 e. The molecule has 0 bridgehead atoms. The molecule has 0 fully saturated rings. The molecule has 0 unspecified atom stereocenters. The van der Waals surface area contributed by atoms with Crippen LogP contribution in [0.15, 0.2) is 59.9 Å². The van der Waals surface area contributed by atoms with Gasteiger partial charge in [-0.05, 0) is 56.2 Å². The molecular weight excluding hydrogens is 469 g/mol. The van der Waals surface area contributed by atoms with Gasteiger partial charge >= 0.3 is 0 Å². The number of hydrogen-bond donors (Lipinski definition) is 2. The lowest BCUT2D eigenvalue weighted by Gasteiger charge is -2.11. The number of halogens is 1. The van der Waals surface area contributed by atoms with Crippen molar-refractivity contribution in [1.82, 2.24) is 20.4 Å². The fourth-order valence-corrected chi connectivity index (χ4v) is 3.45. The van der Waals surface area contributed by atoms with Gasteiger partial charge in [0, 0.05) is 35.2 Å². The predicted octanol–water partition coefficient (Wildman–Crippen LogP) is 4.16. The number of nitrogens with zero attached hydrogens (tertiary/aromatic N) is 3. The molecule has 0 aliphatic rings. The van der Waals surface area contributed by atoms with Crippen LogP contribution < -0.4 is 10.6 Å². The van der Waals surface area contributed by atoms with Crippen molar-refractivity contribution in [3.8, 4) is 5.69 Å². The molecule has 0 aliphatic heterocycles. The lowest BCUT2D eigenvalue weighted by atomic mass is 10.1. The maximum atomic E-state index is 4.67. The molecule has 0 spiro atoms. The maximum absolute atomic E-state index is 4.67. The Morgan fingerprint density at radius 1 is 1.15 bits per heavy atom. The Hall–Kier alpha value is -1.87. The lowest BCUT2D eigenvalue weighted by Crippen LogP contribution is -2.38. The molecule has 3 rings (SSSR count). The molecule has 0 amide bonds. The molecule has 0 saturated heterocycles. The van der Waals surface area contributed by atoms with Gasteiger partial charge < -0.3 is 10.6 Å². The van der Waals surface area contributed by atoms with Gasteiger partial charge in [0.1, 0.15) is 0 Å². The molecule has 7 heteroatoms. The molecule has 2 heterocycles. The Kier molecular flexibility index (Phi) is 8.80. The molecular formula is C20H26IN5S. The third kappa shape index (κ3) is 6.66. The first-order chi connectivity index (χ1) is 12.7. The predicted molar refractivity (Wildman–Crippen MR) is 125 cm³/mol. The van der Waals surface area contributed by atoms with E-state index in [9.17, 15) is 0 Å². The molecule has 0 atom stereocenters. The van der Waals surface area contributed by atoms with Gasteiger partial charge in [-0.1, -0.05) is 12.1 Å². The summed E-state index contributed by atoms with van der Waals surface area (Å²) in [6, 6.07) is 14.7. The SMILES string of the molecule is CCNC(=NCc1ccc(C)s1)NCCc1ccc(-n2cccn2)cc1.I. The second kappa shape index (κ2) is 11.1. The molecule has 0 radical (unpaired) electrons. The van der Waals surface area contributed by atoms with Crippen molar-refractivity contribution >= 4 is 41.3 Å². The van der Waals surface area contributed by atoms with E-state index in [1.165, 1.54) is 15.3 Å². The first kappa shape index (κ1) is 21.4. The number of hydrogen-bond acceptors (Lipinski definition) is 3. The van der Waals surface area contributed by atoms with Crippen molar-refractivity contribution < 1.29 is 0 Å². The molecule has 1 aromatic carbocycles. The van der Waals surface area contributed by atoms with Crippen molar-refractivity contribution in [2.75, 3.05) is 13.1 Å². The summed E-state index contributed by atoms with van der Waals surface area (Å²) in [4.78, 5) is 7.28. The van der Waals surface area contributed by atoms with E-state index in [1.54, 1.807) is 17.5 Å². The molecule has 2 N–H and O–H groups in total. The van der Waals surface area contributed by atoms with Gasteiger partial charge in [0.2, 0.25) is 0 Å². The summed E-state index contributed by atoms with van der Waals surface area (Å²) < 4.78 is 1.87. The van der Waals surface area contributed by atoms with Crippen molar-refractivity contribution in [2.45, 2.75) is 26.8 Å². The summed E-state index contributed by atoms with van der Waals surface area (Å²) in [7, 11) is 0. The fraction of sp³-hybridized carbons (Fsp3) is 0.300. The van der Waals surface area contributed by atoms with Gasteiger partial charge in [0.05, 0.1) is 12.2 Å². The van der Waals surface area contributed by atoms with E-state index in [1.807, 2.05) is 16.9 Å². The molecule has 0 saturated carbocycles. The molecule has 27 heavy (non-hydrogen) atoms. The van der Waals surface area contributed by atoms with Crippen LogP contribution in [0.2, 0.25) is 0 Å². The van der Waals surface area contributed by atoms with Gasteiger partial charge in [0.25, 0.3) is 0 Å². The van der Waals surface area contributed by atoms with Crippen LogP contribution in [-0.2, 0) is 13.0 Å². The van der Waals surface area contributed by atoms with E-state index in [4.69, 9.17) is 0 Å². The number of aryl methyl sites for hydroxylation is 1. The first-order valence-corrected chi connectivity index (χ1v) is 9.72. The Bertz CT molecular complexity index is 824. The van der Waals surface area contributed by atoms with Gasteiger partial charge in [0.15, 0.2) is 5.96 Å². The van der Waals surface area contributed by atoms with Crippen LogP contribution in [0.1, 0.15) is 22.2 Å². The third-order valence-corrected chi connectivity index (χ3v) is 4.93. The highest BCUT2D eigenvalue weighted by Crippen LogP contribution is 2.15. The van der Waals surface area contributed by atoms with E-state index in [-0.39, 0.29) is 24.0 Å². The maximum Gasteiger partial charge on any atom is 0.191 e. The molecule has 5 nitrogen and oxygen atoms in total. The number of rotatable bonds is 7. The van der Waals surface area contributed by atoms with Crippen LogP contribution >= 0.6 is 35.3 Å². The zero-order chi connectivity index (χ0) is 18.2. The molecule has 3 aromatic rings. The van der Waals surface area contributed by atoms with Crippen molar-refractivity contribution in [2.24, 2.45) is 4.99 Å². The standard InChI is InChI=1S/C20H25N5S.HI/c1-3-21-20(23-15-19-10-5-16(2)26-19)22-13-11-17-6-8-18(9-7-17)25-14-4-12-24-25;/h4-10,12,14H,3,11,13,15H2,1-2H3,(H2,21,22,23);1H. The third-order valence-electron chi connectivity index (χ3n) is 3.94. The van der Waals surface area contributed by atoms with Crippen LogP contribution in [0.5, 0.6) is 0 Å². The summed E-state index contributed by atoms with van der Waals surface area (Å²) in [6.07, 6.45) is 4.68. The van der Waals surface area contributed by atoms with Crippen molar-refractivity contribution in [1.29, 1.82) is 0 Å². The normalized spacial score (nSPS) is 11.1. The van der Waals surface area contributed by atoms with E-state index < -0.39 is 0 Å². The minimum absolute atomic E-state index is 0. The summed E-state index contributed by atoms with van der Waals surface area (Å²) in [5.41, 5.74) is 2.37. The van der Waals surface area contributed by atoms with Crippen LogP contribution in [-0.4, -0.2) is 28.8 Å². The Morgan fingerprint density at radius 3 is 2.59 bits per heavy atom. The van der Waals surface area contributed by atoms with E-state index in [0.717, 1.165) is 31.2 Å². The van der Waals surface area contributed by atoms with Gasteiger partial charge in [-0.2, -0.15) is 5.10 Å². The van der Waals surface area contributed by atoms with E-state index in [0.29, 0.717) is 6.54 Å². The zero-order valence-corrected chi connectivity index (χ0v) is 18.8.